The largest absolute Gasteiger partial charge is 0.387 e. The number of alkyl halides is 2. The summed E-state index contributed by atoms with van der Waals surface area (Å²) in [7, 11) is 0. The second-order valence-corrected chi connectivity index (χ2v) is 6.63. The quantitative estimate of drug-likeness (QED) is 0.812. The van der Waals surface area contributed by atoms with Crippen molar-refractivity contribution in [1.29, 1.82) is 0 Å². The summed E-state index contributed by atoms with van der Waals surface area (Å²) in [6.07, 6.45) is 2.33. The van der Waals surface area contributed by atoms with Gasteiger partial charge in [-0.05, 0) is 6.42 Å². The van der Waals surface area contributed by atoms with Crippen molar-refractivity contribution in [3.63, 3.8) is 0 Å². The van der Waals surface area contributed by atoms with Gasteiger partial charge in [0.05, 0.1) is 18.5 Å². The van der Waals surface area contributed by atoms with Gasteiger partial charge in [-0.3, -0.25) is 14.5 Å². The van der Waals surface area contributed by atoms with Crippen molar-refractivity contribution in [2.75, 3.05) is 32.7 Å². The van der Waals surface area contributed by atoms with Crippen LogP contribution in [-0.2, 0) is 0 Å². The molecule has 0 spiro atoms. The molecule has 132 valence electrons. The van der Waals surface area contributed by atoms with Crippen LogP contribution in [0.5, 0.6) is 0 Å². The second kappa shape index (κ2) is 6.21. The van der Waals surface area contributed by atoms with Gasteiger partial charge in [0.1, 0.15) is 5.56 Å². The number of amides is 1. The average Bonchev–Trinajstić information content (AvgIpc) is 2.92. The molecule has 1 aromatic heterocycles. The normalized spacial score (nSPS) is 27.4. The fraction of sp³-hybridized carbons (Fsp3) is 0.667. The third-order valence-electron chi connectivity index (χ3n) is 4.67. The van der Waals surface area contributed by atoms with E-state index in [1.807, 2.05) is 4.90 Å². The SMILES string of the molecule is O=C(c1cnc[nH]c1=O)N1CC[C@](O)(CN2CCC(F)(F)CC2)C1. The number of hydrogen-bond acceptors (Lipinski definition) is 5. The maximum Gasteiger partial charge on any atom is 0.263 e. The summed E-state index contributed by atoms with van der Waals surface area (Å²) in [4.78, 5) is 33.3. The van der Waals surface area contributed by atoms with Crippen LogP contribution in [0, 0.1) is 0 Å². The van der Waals surface area contributed by atoms with Crippen LogP contribution in [0.25, 0.3) is 0 Å². The first-order valence-electron chi connectivity index (χ1n) is 7.93. The lowest BCUT2D eigenvalue weighted by Gasteiger charge is -2.36. The van der Waals surface area contributed by atoms with Crippen LogP contribution in [0.15, 0.2) is 17.3 Å². The Bertz CT molecular complexity index is 671. The first-order valence-corrected chi connectivity index (χ1v) is 7.93. The Morgan fingerprint density at radius 1 is 1.29 bits per heavy atom. The van der Waals surface area contributed by atoms with Crippen LogP contribution in [0.1, 0.15) is 29.6 Å². The van der Waals surface area contributed by atoms with Crippen molar-refractivity contribution >= 4 is 5.91 Å². The van der Waals surface area contributed by atoms with Crippen molar-refractivity contribution < 1.29 is 18.7 Å². The van der Waals surface area contributed by atoms with Gasteiger partial charge in [0.25, 0.3) is 17.4 Å². The van der Waals surface area contributed by atoms with E-state index in [4.69, 9.17) is 0 Å². The number of nitrogens with one attached hydrogen (secondary N) is 1. The van der Waals surface area contributed by atoms with Crippen molar-refractivity contribution in [1.82, 2.24) is 19.8 Å². The Morgan fingerprint density at radius 3 is 2.67 bits per heavy atom. The van der Waals surface area contributed by atoms with E-state index in [2.05, 4.69) is 9.97 Å². The van der Waals surface area contributed by atoms with Crippen molar-refractivity contribution in [3.05, 3.63) is 28.4 Å². The molecule has 1 amide bonds. The number of carbonyl (C=O) groups is 1. The summed E-state index contributed by atoms with van der Waals surface area (Å²) >= 11 is 0. The Kier molecular flexibility index (Phi) is 4.39. The van der Waals surface area contributed by atoms with Gasteiger partial charge in [-0.15, -0.1) is 0 Å². The van der Waals surface area contributed by atoms with E-state index in [0.717, 1.165) is 0 Å². The van der Waals surface area contributed by atoms with Gasteiger partial charge in [-0.1, -0.05) is 0 Å². The van der Waals surface area contributed by atoms with Gasteiger partial charge in [-0.2, -0.15) is 0 Å². The predicted octanol–water partition coefficient (Wildman–Crippen LogP) is 0.0780. The van der Waals surface area contributed by atoms with Gasteiger partial charge in [-0.25, -0.2) is 13.8 Å². The number of H-pyrrole nitrogens is 1. The lowest BCUT2D eigenvalue weighted by atomic mass is 10.00. The highest BCUT2D eigenvalue weighted by atomic mass is 19.3. The van der Waals surface area contributed by atoms with Gasteiger partial charge >= 0.3 is 0 Å². The fourth-order valence-corrected chi connectivity index (χ4v) is 3.28. The summed E-state index contributed by atoms with van der Waals surface area (Å²) in [5.74, 6) is -3.11. The molecule has 7 nitrogen and oxygen atoms in total. The maximum atomic E-state index is 13.2. The molecule has 1 atom stereocenters. The number of carbonyl (C=O) groups excluding carboxylic acids is 1. The number of β-amino-alcohol motifs (C(OH)–C–C–N with tert-alkyl or cyclic N) is 1. The van der Waals surface area contributed by atoms with Crippen molar-refractivity contribution in [2.45, 2.75) is 30.8 Å². The number of aliphatic hydroxyl groups is 1. The molecule has 2 fully saturated rings. The Labute approximate surface area is 137 Å². The summed E-state index contributed by atoms with van der Waals surface area (Å²) in [6.45, 7) is 1.09. The van der Waals surface area contributed by atoms with Crippen LogP contribution in [-0.4, -0.2) is 75.0 Å². The molecule has 0 radical (unpaired) electrons. The molecular formula is C15H20F2N4O3. The van der Waals surface area contributed by atoms with Crippen LogP contribution in [0.4, 0.5) is 8.78 Å². The number of piperidine rings is 1. The molecule has 3 rings (SSSR count). The molecule has 2 aliphatic heterocycles. The average molecular weight is 342 g/mol. The lowest BCUT2D eigenvalue weighted by molar-refractivity contribution is -0.0720. The molecule has 2 saturated heterocycles. The molecule has 0 aromatic carbocycles. The minimum Gasteiger partial charge on any atom is -0.387 e. The molecule has 0 aliphatic carbocycles. The second-order valence-electron chi connectivity index (χ2n) is 6.63. The van der Waals surface area contributed by atoms with E-state index in [9.17, 15) is 23.5 Å². The summed E-state index contributed by atoms with van der Waals surface area (Å²) in [6, 6.07) is 0. The highest BCUT2D eigenvalue weighted by molar-refractivity contribution is 5.93. The topological polar surface area (TPSA) is 89.5 Å². The number of nitrogens with zero attached hydrogens (tertiary/aromatic N) is 3. The first-order chi connectivity index (χ1) is 11.3. The molecule has 3 heterocycles. The number of likely N-dealkylation sites (tertiary alicyclic amines) is 2. The third kappa shape index (κ3) is 3.62. The highest BCUT2D eigenvalue weighted by Gasteiger charge is 2.42. The molecule has 0 saturated carbocycles. The molecule has 0 bridgehead atoms. The van der Waals surface area contributed by atoms with E-state index < -0.39 is 23.0 Å². The summed E-state index contributed by atoms with van der Waals surface area (Å²) in [5, 5.41) is 10.7. The van der Waals surface area contributed by atoms with Crippen molar-refractivity contribution in [2.24, 2.45) is 0 Å². The Balaban J connectivity index is 1.61. The van der Waals surface area contributed by atoms with Gasteiger partial charge < -0.3 is 15.0 Å². The fourth-order valence-electron chi connectivity index (χ4n) is 3.28. The Hall–Kier alpha value is -1.87. The zero-order valence-corrected chi connectivity index (χ0v) is 13.2. The number of rotatable bonds is 3. The number of aromatic amines is 1. The van der Waals surface area contributed by atoms with Crippen LogP contribution < -0.4 is 5.56 Å². The molecule has 24 heavy (non-hydrogen) atoms. The third-order valence-corrected chi connectivity index (χ3v) is 4.67. The molecule has 0 unspecified atom stereocenters. The van der Waals surface area contributed by atoms with Crippen LogP contribution in [0.3, 0.4) is 0 Å². The lowest BCUT2D eigenvalue weighted by Crippen LogP contribution is -2.49. The minimum atomic E-state index is -2.63. The number of halogens is 2. The van der Waals surface area contributed by atoms with Gasteiger partial charge in [0.2, 0.25) is 0 Å². The molecule has 1 aromatic rings. The number of hydrogen-bond donors (Lipinski definition) is 2. The Morgan fingerprint density at radius 2 is 2.00 bits per heavy atom. The zero-order valence-electron chi connectivity index (χ0n) is 13.2. The standard InChI is InChI=1S/C15H20F2N4O3/c16-15(17)2-4-20(5-3-15)8-14(24)1-6-21(9-14)13(23)11-7-18-10-19-12(11)22/h7,10,24H,1-6,8-9H2,(H,18,19,22)/t14-/m0/s1. The van der Waals surface area contributed by atoms with Gasteiger partial charge in [0.15, 0.2) is 0 Å². The molecular weight excluding hydrogens is 322 g/mol. The first kappa shape index (κ1) is 17.0. The zero-order chi connectivity index (χ0) is 17.4. The monoisotopic (exact) mass is 342 g/mol. The summed E-state index contributed by atoms with van der Waals surface area (Å²) in [5.41, 5.74) is -1.74. The molecule has 9 heteroatoms. The van der Waals surface area contributed by atoms with Gasteiger partial charge in [0, 0.05) is 45.2 Å². The van der Waals surface area contributed by atoms with Crippen LogP contribution in [0.2, 0.25) is 0 Å². The minimum absolute atomic E-state index is 0.0700. The van der Waals surface area contributed by atoms with E-state index in [0.29, 0.717) is 13.0 Å². The van der Waals surface area contributed by atoms with Crippen molar-refractivity contribution in [3.8, 4) is 0 Å². The van der Waals surface area contributed by atoms with E-state index in [1.54, 1.807) is 0 Å². The highest BCUT2D eigenvalue weighted by Crippen LogP contribution is 2.30. The van der Waals surface area contributed by atoms with E-state index in [1.165, 1.54) is 17.4 Å². The maximum absolute atomic E-state index is 13.2. The summed E-state index contributed by atoms with van der Waals surface area (Å²) < 4.78 is 26.4. The van der Waals surface area contributed by atoms with Crippen LogP contribution >= 0.6 is 0 Å². The predicted molar refractivity (Wildman–Crippen MR) is 80.9 cm³/mol. The van der Waals surface area contributed by atoms with E-state index >= 15 is 0 Å². The molecule has 2 N–H and O–H groups in total. The number of aromatic nitrogens is 2. The van der Waals surface area contributed by atoms with E-state index in [-0.39, 0.29) is 44.6 Å². The molecule has 2 aliphatic rings. The smallest absolute Gasteiger partial charge is 0.263 e.